The molecule has 0 aliphatic carbocycles. The third-order valence-corrected chi connectivity index (χ3v) is 5.54. The smallest absolute Gasteiger partial charge is 0.266 e. The highest BCUT2D eigenvalue weighted by Crippen LogP contribution is 2.22. The van der Waals surface area contributed by atoms with Gasteiger partial charge >= 0.3 is 0 Å². The fourth-order valence-electron chi connectivity index (χ4n) is 3.52. The molecule has 30 heavy (non-hydrogen) atoms. The van der Waals surface area contributed by atoms with Crippen LogP contribution in [0.15, 0.2) is 41.7 Å². The highest BCUT2D eigenvalue weighted by molar-refractivity contribution is 5.76. The Bertz CT molecular complexity index is 1140. The lowest BCUT2D eigenvalue weighted by molar-refractivity contribution is -0.131. The average Bonchev–Trinajstić information content (AvgIpc) is 3.27. The van der Waals surface area contributed by atoms with E-state index in [1.165, 1.54) is 6.33 Å². The summed E-state index contributed by atoms with van der Waals surface area (Å²) in [6.07, 6.45) is 3.86. The Hall–Kier alpha value is -3.73. The van der Waals surface area contributed by atoms with Gasteiger partial charge in [-0.3, -0.25) is 9.59 Å². The van der Waals surface area contributed by atoms with Gasteiger partial charge in [0.1, 0.15) is 24.3 Å². The molecule has 1 aromatic carbocycles. The number of aryl methyl sites for hydroxylation is 1. The number of H-pyrrole nitrogens is 1. The van der Waals surface area contributed by atoms with Crippen LogP contribution in [0.25, 0.3) is 5.69 Å². The Kier molecular flexibility index (Phi) is 6.11. The largest absolute Gasteiger partial charge is 0.339 e. The number of aromatic nitrogens is 4. The summed E-state index contributed by atoms with van der Waals surface area (Å²) in [7, 11) is 1.78. The number of hydrogen-bond acceptors (Lipinski definition) is 5. The summed E-state index contributed by atoms with van der Waals surface area (Å²) in [5.74, 6) is -0.00800. The zero-order valence-electron chi connectivity index (χ0n) is 17.5. The number of hydrogen-bond donors (Lipinski definition) is 1. The molecule has 1 atom stereocenters. The number of pyridine rings is 1. The summed E-state index contributed by atoms with van der Waals surface area (Å²) in [5.41, 5.74) is 3.82. The molecule has 0 saturated carbocycles. The van der Waals surface area contributed by atoms with Gasteiger partial charge in [-0.2, -0.15) is 10.4 Å². The fraction of sp³-hybridized carbons (Fsp3) is 0.318. The van der Waals surface area contributed by atoms with Crippen molar-refractivity contribution < 1.29 is 4.79 Å². The number of benzene rings is 1. The van der Waals surface area contributed by atoms with E-state index in [2.05, 4.69) is 15.1 Å². The van der Waals surface area contributed by atoms with Gasteiger partial charge in [-0.05, 0) is 56.0 Å². The topological polar surface area (TPSA) is 108 Å². The lowest BCUT2D eigenvalue weighted by Gasteiger charge is -2.26. The molecule has 2 heterocycles. The van der Waals surface area contributed by atoms with E-state index in [1.54, 1.807) is 36.8 Å². The van der Waals surface area contributed by atoms with E-state index < -0.39 is 0 Å². The van der Waals surface area contributed by atoms with Crippen LogP contribution in [0.4, 0.5) is 0 Å². The van der Waals surface area contributed by atoms with Crippen LogP contribution in [-0.2, 0) is 11.2 Å². The number of carbonyl (C=O) groups excluding carboxylic acids is 1. The normalized spacial score (nSPS) is 11.7. The Morgan fingerprint density at radius 1 is 1.30 bits per heavy atom. The van der Waals surface area contributed by atoms with Crippen molar-refractivity contribution >= 4 is 5.91 Å². The average molecular weight is 404 g/mol. The minimum Gasteiger partial charge on any atom is -0.339 e. The molecule has 0 saturated heterocycles. The van der Waals surface area contributed by atoms with E-state index in [-0.39, 0.29) is 29.5 Å². The van der Waals surface area contributed by atoms with Crippen molar-refractivity contribution in [3.05, 3.63) is 75.2 Å². The molecular formula is C22H24N6O2. The summed E-state index contributed by atoms with van der Waals surface area (Å²) in [5, 5.41) is 13.3. The second-order valence-corrected chi connectivity index (χ2v) is 7.28. The number of nitriles is 1. The molecule has 3 aromatic rings. The highest BCUT2D eigenvalue weighted by Gasteiger charge is 2.19. The van der Waals surface area contributed by atoms with E-state index in [4.69, 9.17) is 0 Å². The molecule has 0 bridgehead atoms. The van der Waals surface area contributed by atoms with Gasteiger partial charge in [-0.1, -0.05) is 12.1 Å². The predicted octanol–water partition coefficient (Wildman–Crippen LogP) is 2.60. The monoisotopic (exact) mass is 404 g/mol. The van der Waals surface area contributed by atoms with Crippen molar-refractivity contribution in [1.29, 1.82) is 5.26 Å². The molecule has 0 aliphatic rings. The summed E-state index contributed by atoms with van der Waals surface area (Å²) in [4.78, 5) is 33.0. The zero-order valence-corrected chi connectivity index (χ0v) is 17.5. The van der Waals surface area contributed by atoms with E-state index in [0.29, 0.717) is 17.7 Å². The molecule has 1 unspecified atom stereocenters. The van der Waals surface area contributed by atoms with Crippen LogP contribution in [0.1, 0.15) is 47.3 Å². The molecule has 0 spiro atoms. The van der Waals surface area contributed by atoms with Gasteiger partial charge < -0.3 is 9.88 Å². The standard InChI is InChI=1S/C22H24N6O2/c1-14-19(15(2)26-22(30)20(14)11-23)9-10-21(29)27(4)16(3)17-5-7-18(8-6-17)28-13-24-12-25-28/h5-8,12-13,16H,9-10H2,1-4H3,(H,26,30). The molecule has 8 nitrogen and oxygen atoms in total. The Morgan fingerprint density at radius 2 is 2.00 bits per heavy atom. The summed E-state index contributed by atoms with van der Waals surface area (Å²) < 4.78 is 1.67. The van der Waals surface area contributed by atoms with E-state index in [9.17, 15) is 14.9 Å². The number of aromatic amines is 1. The van der Waals surface area contributed by atoms with Crippen molar-refractivity contribution in [2.45, 2.75) is 39.7 Å². The quantitative estimate of drug-likeness (QED) is 0.679. The molecule has 154 valence electrons. The van der Waals surface area contributed by atoms with Crippen molar-refractivity contribution in [2.24, 2.45) is 0 Å². The van der Waals surface area contributed by atoms with E-state index in [1.807, 2.05) is 37.3 Å². The molecule has 0 radical (unpaired) electrons. The molecule has 0 aliphatic heterocycles. The first-order valence-corrected chi connectivity index (χ1v) is 9.66. The molecule has 3 rings (SSSR count). The van der Waals surface area contributed by atoms with Crippen LogP contribution in [0, 0.1) is 25.2 Å². The number of carbonyl (C=O) groups is 1. The number of nitrogens with zero attached hydrogens (tertiary/aromatic N) is 5. The number of nitrogens with one attached hydrogen (secondary N) is 1. The molecule has 1 amide bonds. The van der Waals surface area contributed by atoms with Gasteiger partial charge in [0, 0.05) is 19.2 Å². The minimum absolute atomic E-state index is 0.00800. The summed E-state index contributed by atoms with van der Waals surface area (Å²) >= 11 is 0. The molecule has 2 aromatic heterocycles. The van der Waals surface area contributed by atoms with Crippen LogP contribution >= 0.6 is 0 Å². The maximum Gasteiger partial charge on any atom is 0.266 e. The highest BCUT2D eigenvalue weighted by atomic mass is 16.2. The molecule has 1 N–H and O–H groups in total. The van der Waals surface area contributed by atoms with E-state index >= 15 is 0 Å². The SMILES string of the molecule is Cc1[nH]c(=O)c(C#N)c(C)c1CCC(=O)N(C)C(C)c1ccc(-n2cncn2)cc1. The lowest BCUT2D eigenvalue weighted by Crippen LogP contribution is -2.30. The number of amides is 1. The lowest BCUT2D eigenvalue weighted by atomic mass is 9.98. The number of rotatable bonds is 6. The van der Waals surface area contributed by atoms with Crippen molar-refractivity contribution in [1.82, 2.24) is 24.6 Å². The minimum atomic E-state index is -0.386. The predicted molar refractivity (Wildman–Crippen MR) is 112 cm³/mol. The van der Waals surface area contributed by atoms with Crippen molar-refractivity contribution in [2.75, 3.05) is 7.05 Å². The van der Waals surface area contributed by atoms with Crippen LogP contribution in [0.2, 0.25) is 0 Å². The Morgan fingerprint density at radius 3 is 2.60 bits per heavy atom. The van der Waals surface area contributed by atoms with Gasteiger partial charge in [0.05, 0.1) is 11.7 Å². The fourth-order valence-corrected chi connectivity index (χ4v) is 3.52. The van der Waals surface area contributed by atoms with Gasteiger partial charge in [-0.25, -0.2) is 9.67 Å². The Balaban J connectivity index is 1.69. The van der Waals surface area contributed by atoms with Crippen LogP contribution in [0.5, 0.6) is 0 Å². The molecule has 8 heteroatoms. The summed E-state index contributed by atoms with van der Waals surface area (Å²) in [6.45, 7) is 5.52. The van der Waals surface area contributed by atoms with Crippen molar-refractivity contribution in [3.8, 4) is 11.8 Å². The first-order chi connectivity index (χ1) is 14.3. The second kappa shape index (κ2) is 8.74. The van der Waals surface area contributed by atoms with Gasteiger partial charge in [0.15, 0.2) is 0 Å². The van der Waals surface area contributed by atoms with Crippen LogP contribution in [-0.4, -0.2) is 37.6 Å². The Labute approximate surface area is 174 Å². The van der Waals surface area contributed by atoms with Gasteiger partial charge in [0.2, 0.25) is 5.91 Å². The zero-order chi connectivity index (χ0) is 21.8. The van der Waals surface area contributed by atoms with Gasteiger partial charge in [-0.15, -0.1) is 0 Å². The summed E-state index contributed by atoms with van der Waals surface area (Å²) in [6, 6.07) is 9.67. The maximum absolute atomic E-state index is 12.8. The van der Waals surface area contributed by atoms with Crippen molar-refractivity contribution in [3.63, 3.8) is 0 Å². The van der Waals surface area contributed by atoms with Crippen LogP contribution < -0.4 is 5.56 Å². The van der Waals surface area contributed by atoms with Gasteiger partial charge in [0.25, 0.3) is 5.56 Å². The van der Waals surface area contributed by atoms with E-state index in [0.717, 1.165) is 16.8 Å². The third-order valence-electron chi connectivity index (χ3n) is 5.54. The second-order valence-electron chi connectivity index (χ2n) is 7.28. The maximum atomic E-state index is 12.8. The molecular weight excluding hydrogens is 380 g/mol. The molecule has 0 fully saturated rings. The van der Waals surface area contributed by atoms with Crippen LogP contribution in [0.3, 0.4) is 0 Å². The first kappa shape index (κ1) is 21.0. The third kappa shape index (κ3) is 4.15. The first-order valence-electron chi connectivity index (χ1n) is 9.66.